The van der Waals surface area contributed by atoms with Crippen molar-refractivity contribution in [2.24, 2.45) is 0 Å². The van der Waals surface area contributed by atoms with E-state index in [1.165, 1.54) is 0 Å². The largest absolute Gasteiger partial charge is 0.454 e. The minimum Gasteiger partial charge on any atom is -0.454 e. The first kappa shape index (κ1) is 17.9. The Morgan fingerprint density at radius 3 is 2.09 bits per heavy atom. The van der Waals surface area contributed by atoms with Crippen molar-refractivity contribution in [3.05, 3.63) is 90.0 Å². The smallest absolute Gasteiger partial charge is 0.172 e. The van der Waals surface area contributed by atoms with Gasteiger partial charge in [-0.15, -0.1) is 10.2 Å². The lowest BCUT2D eigenvalue weighted by molar-refractivity contribution is 0.485. The SMILES string of the molecule is N#Cc1cc2c(cc1C#N)-n1c(-c3ccccc3)nnc1-c1cc3ccccc3cc1O2. The third-order valence-corrected chi connectivity index (χ3v) is 5.58. The van der Waals surface area contributed by atoms with Crippen LogP contribution in [0.4, 0.5) is 0 Å². The van der Waals surface area contributed by atoms with Gasteiger partial charge in [-0.1, -0.05) is 54.6 Å². The van der Waals surface area contributed by atoms with Crippen molar-refractivity contribution < 1.29 is 4.74 Å². The van der Waals surface area contributed by atoms with Crippen LogP contribution in [0.1, 0.15) is 11.1 Å². The maximum atomic E-state index is 9.63. The first-order valence-electron chi connectivity index (χ1n) is 9.97. The minimum atomic E-state index is 0.256. The number of aromatic nitrogens is 3. The van der Waals surface area contributed by atoms with Crippen molar-refractivity contribution in [2.45, 2.75) is 0 Å². The van der Waals surface area contributed by atoms with Crippen LogP contribution in [0, 0.1) is 22.7 Å². The molecule has 1 aliphatic rings. The summed E-state index contributed by atoms with van der Waals surface area (Å²) >= 11 is 0. The highest BCUT2D eigenvalue weighted by atomic mass is 16.5. The fourth-order valence-electron chi connectivity index (χ4n) is 4.07. The van der Waals surface area contributed by atoms with E-state index >= 15 is 0 Å². The molecule has 1 aromatic heterocycles. The normalized spacial score (nSPS) is 11.3. The number of hydrogen-bond donors (Lipinski definition) is 0. The van der Waals surface area contributed by atoms with Gasteiger partial charge in [0.2, 0.25) is 0 Å². The van der Waals surface area contributed by atoms with Crippen molar-refractivity contribution in [1.29, 1.82) is 10.5 Å². The van der Waals surface area contributed by atoms with Crippen LogP contribution in [0.25, 0.3) is 39.2 Å². The van der Waals surface area contributed by atoms with Gasteiger partial charge in [0.25, 0.3) is 0 Å². The topological polar surface area (TPSA) is 87.5 Å². The molecule has 6 heteroatoms. The first-order chi connectivity index (χ1) is 15.8. The number of nitrogens with zero attached hydrogens (tertiary/aromatic N) is 5. The molecule has 0 aliphatic carbocycles. The standard InChI is InChI=1S/C26H13N5O/c27-14-19-11-22-24(13-20(19)15-28)32-23-12-18-9-5-4-8-17(18)10-21(23)26-30-29-25(31(22)26)16-6-2-1-3-7-16/h1-13H. The van der Waals surface area contributed by atoms with Crippen LogP contribution in [-0.4, -0.2) is 14.8 Å². The van der Waals surface area contributed by atoms with Gasteiger partial charge in [-0.3, -0.25) is 4.57 Å². The highest BCUT2D eigenvalue weighted by Gasteiger charge is 2.27. The third-order valence-electron chi connectivity index (χ3n) is 5.58. The number of ether oxygens (including phenoxy) is 1. The van der Waals surface area contributed by atoms with E-state index in [2.05, 4.69) is 22.3 Å². The van der Waals surface area contributed by atoms with E-state index in [4.69, 9.17) is 4.74 Å². The number of rotatable bonds is 1. The summed E-state index contributed by atoms with van der Waals surface area (Å²) in [5, 5.41) is 30.3. The highest BCUT2D eigenvalue weighted by Crippen LogP contribution is 2.44. The van der Waals surface area contributed by atoms with Gasteiger partial charge < -0.3 is 4.74 Å². The quantitative estimate of drug-likeness (QED) is 0.351. The van der Waals surface area contributed by atoms with Crippen LogP contribution in [0.5, 0.6) is 11.5 Å². The molecule has 0 amide bonds. The monoisotopic (exact) mass is 411 g/mol. The van der Waals surface area contributed by atoms with E-state index in [-0.39, 0.29) is 11.1 Å². The second-order valence-corrected chi connectivity index (χ2v) is 7.44. The highest BCUT2D eigenvalue weighted by molar-refractivity contribution is 5.91. The Bertz CT molecular complexity index is 1620. The fraction of sp³-hybridized carbons (Fsp3) is 0. The minimum absolute atomic E-state index is 0.256. The number of nitriles is 2. The summed E-state index contributed by atoms with van der Waals surface area (Å²) in [5.74, 6) is 2.31. The summed E-state index contributed by atoms with van der Waals surface area (Å²) in [6, 6.07) is 29.2. The van der Waals surface area contributed by atoms with Crippen molar-refractivity contribution in [3.8, 4) is 52.1 Å². The molecule has 6 rings (SSSR count). The Labute approximate surface area is 183 Å². The molecule has 6 nitrogen and oxygen atoms in total. The molecule has 0 unspecified atom stereocenters. The van der Waals surface area contributed by atoms with Gasteiger partial charge in [-0.2, -0.15) is 10.5 Å². The summed E-state index contributed by atoms with van der Waals surface area (Å²) in [6.45, 7) is 0. The Kier molecular flexibility index (Phi) is 3.80. The van der Waals surface area contributed by atoms with Gasteiger partial charge in [0, 0.05) is 11.6 Å². The molecule has 0 fully saturated rings. The summed E-state index contributed by atoms with van der Waals surface area (Å²) in [6.07, 6.45) is 0. The first-order valence-corrected chi connectivity index (χ1v) is 9.97. The molecule has 0 radical (unpaired) electrons. The zero-order valence-corrected chi connectivity index (χ0v) is 16.6. The van der Waals surface area contributed by atoms with Gasteiger partial charge >= 0.3 is 0 Å². The predicted octanol–water partition coefficient (Wildman–Crippen LogP) is 5.60. The number of hydrogen-bond acceptors (Lipinski definition) is 5. The van der Waals surface area contributed by atoms with Crippen molar-refractivity contribution in [2.75, 3.05) is 0 Å². The Morgan fingerprint density at radius 2 is 1.34 bits per heavy atom. The molecular formula is C26H13N5O. The summed E-state index contributed by atoms with van der Waals surface area (Å²) in [5.41, 5.74) is 2.80. The van der Waals surface area contributed by atoms with Crippen LogP contribution in [0.3, 0.4) is 0 Å². The van der Waals surface area contributed by atoms with Gasteiger partial charge in [0.1, 0.15) is 17.9 Å². The maximum Gasteiger partial charge on any atom is 0.172 e. The molecule has 0 atom stereocenters. The van der Waals surface area contributed by atoms with Gasteiger partial charge in [0.05, 0.1) is 22.4 Å². The molecule has 0 spiro atoms. The lowest BCUT2D eigenvalue weighted by atomic mass is 10.1. The molecule has 0 bridgehead atoms. The van der Waals surface area contributed by atoms with Crippen LogP contribution in [-0.2, 0) is 0 Å². The molecule has 1 aliphatic heterocycles. The number of benzene rings is 4. The van der Waals surface area contributed by atoms with Crippen LogP contribution < -0.4 is 4.74 Å². The molecule has 32 heavy (non-hydrogen) atoms. The average molecular weight is 411 g/mol. The molecular weight excluding hydrogens is 398 g/mol. The average Bonchev–Trinajstić information content (AvgIpc) is 3.23. The van der Waals surface area contributed by atoms with Crippen LogP contribution in [0.15, 0.2) is 78.9 Å². The lowest BCUT2D eigenvalue weighted by Gasteiger charge is -2.12. The van der Waals surface area contributed by atoms with Crippen LogP contribution in [0.2, 0.25) is 0 Å². The Balaban J connectivity index is 1.74. The zero-order valence-electron chi connectivity index (χ0n) is 16.6. The van der Waals surface area contributed by atoms with E-state index in [1.807, 2.05) is 71.3 Å². The van der Waals surface area contributed by atoms with Gasteiger partial charge in [-0.25, -0.2) is 0 Å². The molecule has 148 valence electrons. The number of fused-ring (bicyclic) bond motifs is 6. The molecule has 0 saturated carbocycles. The molecule has 0 saturated heterocycles. The molecule has 4 aromatic carbocycles. The van der Waals surface area contributed by atoms with Crippen LogP contribution >= 0.6 is 0 Å². The summed E-state index contributed by atoms with van der Waals surface area (Å²) in [4.78, 5) is 0. The Morgan fingerprint density at radius 1 is 0.688 bits per heavy atom. The Hall–Kier alpha value is -4.94. The molecule has 2 heterocycles. The second-order valence-electron chi connectivity index (χ2n) is 7.44. The third kappa shape index (κ3) is 2.57. The zero-order chi connectivity index (χ0) is 21.7. The summed E-state index contributed by atoms with van der Waals surface area (Å²) < 4.78 is 8.23. The molecule has 0 N–H and O–H groups in total. The fourth-order valence-corrected chi connectivity index (χ4v) is 4.07. The van der Waals surface area contributed by atoms with E-state index in [1.54, 1.807) is 12.1 Å². The van der Waals surface area contributed by atoms with Crippen molar-refractivity contribution in [3.63, 3.8) is 0 Å². The van der Waals surface area contributed by atoms with Gasteiger partial charge in [-0.05, 0) is 29.0 Å². The molecule has 5 aromatic rings. The summed E-state index contributed by atoms with van der Waals surface area (Å²) in [7, 11) is 0. The second kappa shape index (κ2) is 6.80. The van der Waals surface area contributed by atoms with E-state index < -0.39 is 0 Å². The lowest BCUT2D eigenvalue weighted by Crippen LogP contribution is -2.01. The van der Waals surface area contributed by atoms with E-state index in [9.17, 15) is 10.5 Å². The van der Waals surface area contributed by atoms with E-state index in [0.29, 0.717) is 28.8 Å². The predicted molar refractivity (Wildman–Crippen MR) is 119 cm³/mol. The van der Waals surface area contributed by atoms with E-state index in [0.717, 1.165) is 21.9 Å². The van der Waals surface area contributed by atoms with Crippen molar-refractivity contribution >= 4 is 10.8 Å². The van der Waals surface area contributed by atoms with Gasteiger partial charge in [0.15, 0.2) is 17.4 Å². The maximum absolute atomic E-state index is 9.63. The van der Waals surface area contributed by atoms with Crippen molar-refractivity contribution in [1.82, 2.24) is 14.8 Å².